The van der Waals surface area contributed by atoms with E-state index in [1.165, 1.54) is 43.1 Å². The van der Waals surface area contributed by atoms with Gasteiger partial charge in [0.2, 0.25) is 11.9 Å². The molecule has 2 aromatic rings. The fourth-order valence-corrected chi connectivity index (χ4v) is 2.79. The third-order valence-corrected chi connectivity index (χ3v) is 3.85. The van der Waals surface area contributed by atoms with E-state index in [0.717, 1.165) is 6.54 Å². The van der Waals surface area contributed by atoms with E-state index in [1.54, 1.807) is 6.33 Å². The molecule has 8 nitrogen and oxygen atoms in total. The van der Waals surface area contributed by atoms with Crippen molar-refractivity contribution in [1.29, 1.82) is 0 Å². The summed E-state index contributed by atoms with van der Waals surface area (Å²) in [7, 11) is 1.99. The van der Waals surface area contributed by atoms with Crippen LogP contribution in [0.15, 0.2) is 12.7 Å². The highest BCUT2D eigenvalue weighted by molar-refractivity contribution is 5.36. The van der Waals surface area contributed by atoms with E-state index < -0.39 is 0 Å². The van der Waals surface area contributed by atoms with Crippen molar-refractivity contribution in [2.24, 2.45) is 5.92 Å². The van der Waals surface area contributed by atoms with E-state index in [-0.39, 0.29) is 5.95 Å². The van der Waals surface area contributed by atoms with Crippen molar-refractivity contribution in [1.82, 2.24) is 29.7 Å². The van der Waals surface area contributed by atoms with Crippen LogP contribution < -0.4 is 10.6 Å². The number of hydrogen-bond acceptors (Lipinski definition) is 7. The molecule has 1 saturated carbocycles. The molecule has 1 aliphatic carbocycles. The Morgan fingerprint density at radius 2 is 2.05 bits per heavy atom. The highest BCUT2D eigenvalue weighted by Crippen LogP contribution is 2.25. The van der Waals surface area contributed by atoms with Crippen LogP contribution >= 0.6 is 0 Å². The fraction of sp³-hybridized carbons (Fsp3) is 0.615. The number of nitrogens with two attached hydrogens (primary N) is 1. The Bertz CT molecular complexity index is 576. The third-order valence-electron chi connectivity index (χ3n) is 3.85. The summed E-state index contributed by atoms with van der Waals surface area (Å²) in [6.45, 7) is 0.945. The molecular weight excluding hydrogens is 268 g/mol. The SMILES string of the molecule is CN(CC1CCCCC1)c1nc(N)nc(-n2cncn2)n1. The predicted octanol–water partition coefficient (Wildman–Crippen LogP) is 1.05. The normalized spacial score (nSPS) is 16.0. The molecule has 3 rings (SSSR count). The summed E-state index contributed by atoms with van der Waals surface area (Å²) < 4.78 is 1.48. The van der Waals surface area contributed by atoms with Crippen LogP contribution in [-0.2, 0) is 0 Å². The summed E-state index contributed by atoms with van der Waals surface area (Å²) in [5, 5.41) is 4.02. The zero-order chi connectivity index (χ0) is 14.7. The summed E-state index contributed by atoms with van der Waals surface area (Å²) >= 11 is 0. The Morgan fingerprint density at radius 3 is 2.76 bits per heavy atom. The molecule has 0 aromatic carbocycles. The van der Waals surface area contributed by atoms with Crippen LogP contribution in [0.4, 0.5) is 11.9 Å². The lowest BCUT2D eigenvalue weighted by Gasteiger charge is -2.27. The smallest absolute Gasteiger partial charge is 0.258 e. The van der Waals surface area contributed by atoms with Crippen molar-refractivity contribution >= 4 is 11.9 Å². The van der Waals surface area contributed by atoms with Gasteiger partial charge < -0.3 is 10.6 Å². The molecule has 2 aromatic heterocycles. The van der Waals surface area contributed by atoms with Crippen molar-refractivity contribution in [3.63, 3.8) is 0 Å². The van der Waals surface area contributed by atoms with Gasteiger partial charge in [-0.25, -0.2) is 4.98 Å². The highest BCUT2D eigenvalue weighted by Gasteiger charge is 2.18. The van der Waals surface area contributed by atoms with E-state index in [0.29, 0.717) is 17.8 Å². The number of aromatic nitrogens is 6. The molecule has 0 aliphatic heterocycles. The molecule has 2 heterocycles. The summed E-state index contributed by atoms with van der Waals surface area (Å²) in [6, 6.07) is 0. The minimum atomic E-state index is 0.195. The van der Waals surface area contributed by atoms with Crippen LogP contribution in [0, 0.1) is 5.92 Å². The predicted molar refractivity (Wildman–Crippen MR) is 79.0 cm³/mol. The van der Waals surface area contributed by atoms with Gasteiger partial charge in [-0.3, -0.25) is 0 Å². The van der Waals surface area contributed by atoms with Gasteiger partial charge in [-0.05, 0) is 18.8 Å². The standard InChI is InChI=1S/C13H20N8/c1-20(7-10-5-3-2-4-6-10)12-17-11(14)18-13(19-12)21-9-15-8-16-21/h8-10H,2-7H2,1H3,(H2,14,17,18,19). The molecule has 8 heteroatoms. The molecule has 0 bridgehead atoms. The van der Waals surface area contributed by atoms with Gasteiger partial charge >= 0.3 is 0 Å². The fourth-order valence-electron chi connectivity index (χ4n) is 2.79. The lowest BCUT2D eigenvalue weighted by molar-refractivity contribution is 0.361. The van der Waals surface area contributed by atoms with Gasteiger partial charge in [-0.2, -0.15) is 24.7 Å². The molecule has 0 unspecified atom stereocenters. The van der Waals surface area contributed by atoms with Crippen molar-refractivity contribution < 1.29 is 0 Å². The van der Waals surface area contributed by atoms with Crippen LogP contribution in [0.5, 0.6) is 0 Å². The maximum absolute atomic E-state index is 5.79. The van der Waals surface area contributed by atoms with Crippen molar-refractivity contribution in [2.45, 2.75) is 32.1 Å². The van der Waals surface area contributed by atoms with Gasteiger partial charge in [0.25, 0.3) is 5.95 Å². The van der Waals surface area contributed by atoms with Crippen molar-refractivity contribution in [3.8, 4) is 5.95 Å². The summed E-state index contributed by atoms with van der Waals surface area (Å²) in [5.74, 6) is 1.88. The van der Waals surface area contributed by atoms with Gasteiger partial charge in [-0.15, -0.1) is 0 Å². The number of anilines is 2. The van der Waals surface area contributed by atoms with Crippen LogP contribution in [0.2, 0.25) is 0 Å². The lowest BCUT2D eigenvalue weighted by atomic mass is 9.89. The van der Waals surface area contributed by atoms with Crippen molar-refractivity contribution in [3.05, 3.63) is 12.7 Å². The molecule has 21 heavy (non-hydrogen) atoms. The number of rotatable bonds is 4. The van der Waals surface area contributed by atoms with Gasteiger partial charge in [0.1, 0.15) is 12.7 Å². The Balaban J connectivity index is 1.77. The molecule has 2 N–H and O–H groups in total. The summed E-state index contributed by atoms with van der Waals surface area (Å²) in [4.78, 5) is 18.7. The Kier molecular flexibility index (Phi) is 3.94. The molecule has 1 aliphatic rings. The van der Waals surface area contributed by atoms with Crippen LogP contribution in [0.3, 0.4) is 0 Å². The van der Waals surface area contributed by atoms with Gasteiger partial charge in [0.15, 0.2) is 0 Å². The minimum Gasteiger partial charge on any atom is -0.368 e. The molecule has 0 saturated heterocycles. The maximum atomic E-state index is 5.79. The molecule has 112 valence electrons. The zero-order valence-electron chi connectivity index (χ0n) is 12.2. The van der Waals surface area contributed by atoms with Gasteiger partial charge in [0.05, 0.1) is 0 Å². The average molecular weight is 288 g/mol. The van der Waals surface area contributed by atoms with Crippen LogP contribution in [0.1, 0.15) is 32.1 Å². The quantitative estimate of drug-likeness (QED) is 0.897. The topological polar surface area (TPSA) is 98.6 Å². The minimum absolute atomic E-state index is 0.195. The number of nitrogens with zero attached hydrogens (tertiary/aromatic N) is 7. The highest BCUT2D eigenvalue weighted by atomic mass is 15.4. The van der Waals surface area contributed by atoms with E-state index in [1.807, 2.05) is 7.05 Å². The van der Waals surface area contributed by atoms with Crippen LogP contribution in [-0.4, -0.2) is 43.3 Å². The molecule has 0 amide bonds. The second-order valence-corrected chi connectivity index (χ2v) is 5.52. The molecule has 0 radical (unpaired) electrons. The third kappa shape index (κ3) is 3.26. The average Bonchev–Trinajstić information content (AvgIpc) is 3.02. The molecule has 1 fully saturated rings. The van der Waals surface area contributed by atoms with Gasteiger partial charge in [-0.1, -0.05) is 19.3 Å². The summed E-state index contributed by atoms with van der Waals surface area (Å²) in [5.41, 5.74) is 5.79. The van der Waals surface area contributed by atoms with Crippen LogP contribution in [0.25, 0.3) is 5.95 Å². The number of nitrogen functional groups attached to an aromatic ring is 1. The molecular formula is C13H20N8. The second-order valence-electron chi connectivity index (χ2n) is 5.52. The molecule has 0 spiro atoms. The maximum Gasteiger partial charge on any atom is 0.258 e. The van der Waals surface area contributed by atoms with Crippen molar-refractivity contribution in [2.75, 3.05) is 24.2 Å². The van der Waals surface area contributed by atoms with E-state index in [4.69, 9.17) is 5.73 Å². The summed E-state index contributed by atoms with van der Waals surface area (Å²) in [6.07, 6.45) is 9.53. The van der Waals surface area contributed by atoms with Gasteiger partial charge in [0, 0.05) is 13.6 Å². The Labute approximate surface area is 123 Å². The Hall–Kier alpha value is -2.25. The largest absolute Gasteiger partial charge is 0.368 e. The first-order valence-electron chi connectivity index (χ1n) is 7.30. The van der Waals surface area contributed by atoms with E-state index in [9.17, 15) is 0 Å². The first-order valence-corrected chi connectivity index (χ1v) is 7.30. The van der Waals surface area contributed by atoms with E-state index in [2.05, 4.69) is 29.9 Å². The second kappa shape index (κ2) is 6.02. The number of hydrogen-bond donors (Lipinski definition) is 1. The zero-order valence-corrected chi connectivity index (χ0v) is 12.2. The lowest BCUT2D eigenvalue weighted by Crippen LogP contribution is -2.29. The Morgan fingerprint density at radius 1 is 1.24 bits per heavy atom. The monoisotopic (exact) mass is 288 g/mol. The first-order chi connectivity index (χ1) is 10.2. The van der Waals surface area contributed by atoms with E-state index >= 15 is 0 Å². The first kappa shape index (κ1) is 13.7. The molecule has 0 atom stereocenters.